The topological polar surface area (TPSA) is 28.2 Å². The zero-order valence-electron chi connectivity index (χ0n) is 9.67. The molecule has 1 aliphatic heterocycles. The molecule has 0 aromatic carbocycles. The lowest BCUT2D eigenvalue weighted by Gasteiger charge is -2.17. The van der Waals surface area contributed by atoms with Crippen LogP contribution in [-0.4, -0.2) is 24.6 Å². The summed E-state index contributed by atoms with van der Waals surface area (Å²) < 4.78 is 0. The van der Waals surface area contributed by atoms with Crippen molar-refractivity contribution in [1.29, 1.82) is 0 Å². The number of aromatic nitrogens is 1. The van der Waals surface area contributed by atoms with Crippen LogP contribution in [0.4, 0.5) is 5.82 Å². The summed E-state index contributed by atoms with van der Waals surface area (Å²) in [6.07, 6.45) is 2.54. The zero-order chi connectivity index (χ0) is 11.4. The molecular weight excluding hydrogens is 222 g/mol. The van der Waals surface area contributed by atoms with Crippen LogP contribution in [0.15, 0.2) is 12.1 Å². The third-order valence-electron chi connectivity index (χ3n) is 2.88. The van der Waals surface area contributed by atoms with Crippen molar-refractivity contribution in [2.75, 3.05) is 24.5 Å². The largest absolute Gasteiger partial charge is 0.357 e. The number of anilines is 1. The molecule has 0 bridgehead atoms. The normalized spacial score (nSPS) is 15.8. The van der Waals surface area contributed by atoms with Gasteiger partial charge in [0.15, 0.2) is 0 Å². The molecule has 1 fully saturated rings. The van der Waals surface area contributed by atoms with Crippen LogP contribution in [0.5, 0.6) is 0 Å². The molecule has 1 aromatic heterocycles. The SMILES string of the molecule is CCNCc1nc(N2CCCC2)ccc1Cl. The van der Waals surface area contributed by atoms with Gasteiger partial charge in [0.1, 0.15) is 5.82 Å². The Hall–Kier alpha value is -0.800. The van der Waals surface area contributed by atoms with Gasteiger partial charge in [0, 0.05) is 19.6 Å². The Balaban J connectivity index is 2.13. The second-order valence-electron chi connectivity index (χ2n) is 4.07. The average molecular weight is 240 g/mol. The first kappa shape index (κ1) is 11.7. The van der Waals surface area contributed by atoms with E-state index in [0.29, 0.717) is 0 Å². The molecule has 0 amide bonds. The van der Waals surface area contributed by atoms with E-state index in [4.69, 9.17) is 11.6 Å². The summed E-state index contributed by atoms with van der Waals surface area (Å²) in [5.41, 5.74) is 0.952. The van der Waals surface area contributed by atoms with Crippen LogP contribution in [-0.2, 0) is 6.54 Å². The Labute approximate surface area is 102 Å². The van der Waals surface area contributed by atoms with Gasteiger partial charge in [0.2, 0.25) is 0 Å². The fourth-order valence-electron chi connectivity index (χ4n) is 1.96. The molecule has 0 unspecified atom stereocenters. The molecule has 88 valence electrons. The van der Waals surface area contributed by atoms with Crippen LogP contribution in [0.2, 0.25) is 5.02 Å². The minimum atomic E-state index is 0.747. The van der Waals surface area contributed by atoms with Crippen LogP contribution >= 0.6 is 11.6 Å². The van der Waals surface area contributed by atoms with Crippen molar-refractivity contribution in [2.45, 2.75) is 26.3 Å². The van der Waals surface area contributed by atoms with Gasteiger partial charge in [-0.3, -0.25) is 0 Å². The Morgan fingerprint density at radius 2 is 2.12 bits per heavy atom. The molecule has 0 saturated carbocycles. The molecule has 4 heteroatoms. The highest BCUT2D eigenvalue weighted by Gasteiger charge is 2.14. The lowest BCUT2D eigenvalue weighted by Crippen LogP contribution is -2.20. The summed E-state index contributed by atoms with van der Waals surface area (Å²) >= 11 is 6.12. The summed E-state index contributed by atoms with van der Waals surface area (Å²) in [6, 6.07) is 3.97. The molecule has 0 aliphatic carbocycles. The van der Waals surface area contributed by atoms with E-state index in [0.717, 1.165) is 42.7 Å². The molecule has 1 N–H and O–H groups in total. The molecule has 2 heterocycles. The Morgan fingerprint density at radius 1 is 1.38 bits per heavy atom. The number of hydrogen-bond acceptors (Lipinski definition) is 3. The van der Waals surface area contributed by atoms with Crippen LogP contribution in [0.25, 0.3) is 0 Å². The third kappa shape index (κ3) is 2.66. The first-order valence-corrected chi connectivity index (χ1v) is 6.30. The average Bonchev–Trinajstić information content (AvgIpc) is 2.81. The summed E-state index contributed by atoms with van der Waals surface area (Å²) in [7, 11) is 0. The van der Waals surface area contributed by atoms with Crippen molar-refractivity contribution in [2.24, 2.45) is 0 Å². The maximum Gasteiger partial charge on any atom is 0.128 e. The number of rotatable bonds is 4. The van der Waals surface area contributed by atoms with Gasteiger partial charge in [-0.1, -0.05) is 18.5 Å². The third-order valence-corrected chi connectivity index (χ3v) is 3.22. The monoisotopic (exact) mass is 239 g/mol. The molecule has 3 nitrogen and oxygen atoms in total. The smallest absolute Gasteiger partial charge is 0.128 e. The van der Waals surface area contributed by atoms with Crippen LogP contribution in [0.3, 0.4) is 0 Å². The Kier molecular flexibility index (Phi) is 4.02. The summed E-state index contributed by atoms with van der Waals surface area (Å²) in [5, 5.41) is 4.01. The van der Waals surface area contributed by atoms with Crippen LogP contribution < -0.4 is 10.2 Å². The molecule has 0 atom stereocenters. The molecule has 2 rings (SSSR count). The highest BCUT2D eigenvalue weighted by Crippen LogP contribution is 2.22. The number of hydrogen-bond donors (Lipinski definition) is 1. The van der Waals surface area contributed by atoms with Gasteiger partial charge in [-0.05, 0) is 31.5 Å². The Bertz CT molecular complexity index is 348. The van der Waals surface area contributed by atoms with Crippen molar-refractivity contribution < 1.29 is 0 Å². The number of pyridine rings is 1. The van der Waals surface area contributed by atoms with Gasteiger partial charge in [-0.15, -0.1) is 0 Å². The summed E-state index contributed by atoms with van der Waals surface area (Å²) in [4.78, 5) is 6.95. The van der Waals surface area contributed by atoms with Crippen molar-refractivity contribution in [3.63, 3.8) is 0 Å². The molecule has 0 spiro atoms. The predicted octanol–water partition coefficient (Wildman–Crippen LogP) is 2.44. The van der Waals surface area contributed by atoms with E-state index >= 15 is 0 Å². The van der Waals surface area contributed by atoms with E-state index in [9.17, 15) is 0 Å². The van der Waals surface area contributed by atoms with E-state index < -0.39 is 0 Å². The first-order valence-electron chi connectivity index (χ1n) is 5.92. The van der Waals surface area contributed by atoms with E-state index in [1.54, 1.807) is 0 Å². The van der Waals surface area contributed by atoms with Crippen molar-refractivity contribution in [1.82, 2.24) is 10.3 Å². The van der Waals surface area contributed by atoms with E-state index in [-0.39, 0.29) is 0 Å². The molecular formula is C12H18ClN3. The van der Waals surface area contributed by atoms with Gasteiger partial charge in [-0.2, -0.15) is 0 Å². The predicted molar refractivity (Wildman–Crippen MR) is 68.1 cm³/mol. The highest BCUT2D eigenvalue weighted by atomic mass is 35.5. The minimum Gasteiger partial charge on any atom is -0.357 e. The maximum absolute atomic E-state index is 6.12. The zero-order valence-corrected chi connectivity index (χ0v) is 10.4. The lowest BCUT2D eigenvalue weighted by atomic mass is 10.3. The van der Waals surface area contributed by atoms with Crippen molar-refractivity contribution in [3.05, 3.63) is 22.8 Å². The fourth-order valence-corrected chi connectivity index (χ4v) is 2.13. The number of halogens is 1. The first-order chi connectivity index (χ1) is 7.81. The van der Waals surface area contributed by atoms with Gasteiger partial charge < -0.3 is 10.2 Å². The van der Waals surface area contributed by atoms with Gasteiger partial charge in [0.25, 0.3) is 0 Å². The molecule has 16 heavy (non-hydrogen) atoms. The number of nitrogens with one attached hydrogen (secondary N) is 1. The lowest BCUT2D eigenvalue weighted by molar-refractivity contribution is 0.709. The van der Waals surface area contributed by atoms with Gasteiger partial charge in [-0.25, -0.2) is 4.98 Å². The van der Waals surface area contributed by atoms with E-state index in [2.05, 4.69) is 22.1 Å². The molecule has 1 saturated heterocycles. The van der Waals surface area contributed by atoms with Crippen LogP contribution in [0, 0.1) is 0 Å². The maximum atomic E-state index is 6.12. The van der Waals surface area contributed by atoms with E-state index in [1.807, 2.05) is 12.1 Å². The molecule has 1 aromatic rings. The quantitative estimate of drug-likeness (QED) is 0.875. The highest BCUT2D eigenvalue weighted by molar-refractivity contribution is 6.31. The molecule has 0 radical (unpaired) electrons. The van der Waals surface area contributed by atoms with E-state index in [1.165, 1.54) is 12.8 Å². The minimum absolute atomic E-state index is 0.747. The fraction of sp³-hybridized carbons (Fsp3) is 0.583. The summed E-state index contributed by atoms with van der Waals surface area (Å²) in [5.74, 6) is 1.06. The van der Waals surface area contributed by atoms with Gasteiger partial charge >= 0.3 is 0 Å². The van der Waals surface area contributed by atoms with Crippen LogP contribution in [0.1, 0.15) is 25.5 Å². The Morgan fingerprint density at radius 3 is 2.81 bits per heavy atom. The second kappa shape index (κ2) is 5.51. The number of nitrogens with zero attached hydrogens (tertiary/aromatic N) is 2. The van der Waals surface area contributed by atoms with Crippen molar-refractivity contribution >= 4 is 17.4 Å². The second-order valence-corrected chi connectivity index (χ2v) is 4.48. The summed E-state index contributed by atoms with van der Waals surface area (Å²) in [6.45, 7) is 6.01. The van der Waals surface area contributed by atoms with Gasteiger partial charge in [0.05, 0.1) is 10.7 Å². The van der Waals surface area contributed by atoms with Crippen molar-refractivity contribution in [3.8, 4) is 0 Å². The standard InChI is InChI=1S/C12H18ClN3/c1-2-14-9-11-10(13)5-6-12(15-11)16-7-3-4-8-16/h5-6,14H,2-4,7-9H2,1H3. The molecule has 1 aliphatic rings.